The van der Waals surface area contributed by atoms with Crippen LogP contribution in [-0.2, 0) is 11.3 Å². The zero-order valence-electron chi connectivity index (χ0n) is 15.6. The fourth-order valence-corrected chi connectivity index (χ4v) is 2.92. The van der Waals surface area contributed by atoms with E-state index in [0.29, 0.717) is 24.8 Å². The van der Waals surface area contributed by atoms with Gasteiger partial charge in [0.2, 0.25) is 11.7 Å². The van der Waals surface area contributed by atoms with Crippen molar-refractivity contribution in [2.75, 3.05) is 6.54 Å². The molecule has 1 unspecified atom stereocenters. The summed E-state index contributed by atoms with van der Waals surface area (Å²) in [6, 6.07) is 7.12. The minimum atomic E-state index is -0.554. The molecule has 27 heavy (non-hydrogen) atoms. The summed E-state index contributed by atoms with van der Waals surface area (Å²) in [6.45, 7) is 6.41. The number of ether oxygens (including phenoxy) is 1. The molecule has 142 valence electrons. The fraction of sp³-hybridized carbons (Fsp3) is 0.500. The van der Waals surface area contributed by atoms with Crippen LogP contribution in [0, 0.1) is 0 Å². The van der Waals surface area contributed by atoms with Crippen molar-refractivity contribution in [2.24, 2.45) is 5.11 Å². The van der Waals surface area contributed by atoms with Crippen molar-refractivity contribution in [1.29, 1.82) is 0 Å². The molecule has 1 aromatic heterocycles. The van der Waals surface area contributed by atoms with E-state index in [1.807, 2.05) is 45.0 Å². The van der Waals surface area contributed by atoms with E-state index in [4.69, 9.17) is 14.8 Å². The second-order valence-electron chi connectivity index (χ2n) is 7.37. The summed E-state index contributed by atoms with van der Waals surface area (Å²) in [5, 5.41) is 7.58. The van der Waals surface area contributed by atoms with E-state index >= 15 is 0 Å². The van der Waals surface area contributed by atoms with E-state index < -0.39 is 5.60 Å². The van der Waals surface area contributed by atoms with Gasteiger partial charge in [-0.25, -0.2) is 4.79 Å². The van der Waals surface area contributed by atoms with Crippen LogP contribution < -0.4 is 0 Å². The summed E-state index contributed by atoms with van der Waals surface area (Å²) in [6.07, 6.45) is 1.24. The molecule has 0 bridgehead atoms. The number of amides is 1. The number of carbonyl (C=O) groups excluding carboxylic acids is 1. The Hall–Kier alpha value is -3.06. The molecule has 2 heterocycles. The van der Waals surface area contributed by atoms with Crippen molar-refractivity contribution in [2.45, 2.75) is 51.8 Å². The molecule has 0 spiro atoms. The van der Waals surface area contributed by atoms with E-state index in [2.05, 4.69) is 20.2 Å². The van der Waals surface area contributed by atoms with Gasteiger partial charge in [0, 0.05) is 17.0 Å². The minimum absolute atomic E-state index is 0.273. The van der Waals surface area contributed by atoms with Crippen LogP contribution in [0.5, 0.6) is 0 Å². The number of aromatic nitrogens is 2. The zero-order valence-corrected chi connectivity index (χ0v) is 15.6. The summed E-state index contributed by atoms with van der Waals surface area (Å²) >= 11 is 0. The Bertz CT molecular complexity index is 849. The van der Waals surface area contributed by atoms with Gasteiger partial charge in [0.1, 0.15) is 11.6 Å². The maximum absolute atomic E-state index is 12.4. The van der Waals surface area contributed by atoms with Gasteiger partial charge in [-0.15, -0.1) is 0 Å². The van der Waals surface area contributed by atoms with Crippen LogP contribution in [0.15, 0.2) is 33.9 Å². The third-order valence-corrected chi connectivity index (χ3v) is 4.14. The molecule has 0 N–H and O–H groups in total. The van der Waals surface area contributed by atoms with Crippen LogP contribution in [0.1, 0.15) is 51.1 Å². The van der Waals surface area contributed by atoms with Crippen molar-refractivity contribution in [3.05, 3.63) is 46.2 Å². The zero-order chi connectivity index (χ0) is 19.4. The van der Waals surface area contributed by atoms with E-state index in [-0.39, 0.29) is 12.1 Å². The Labute approximate surface area is 156 Å². The fourth-order valence-electron chi connectivity index (χ4n) is 2.92. The molecule has 1 aromatic carbocycles. The van der Waals surface area contributed by atoms with Gasteiger partial charge in [0.05, 0.1) is 6.54 Å². The largest absolute Gasteiger partial charge is 0.444 e. The third-order valence-electron chi connectivity index (χ3n) is 4.14. The quantitative estimate of drug-likeness (QED) is 0.442. The second-order valence-corrected chi connectivity index (χ2v) is 7.37. The Morgan fingerprint density at radius 3 is 2.81 bits per heavy atom. The first-order chi connectivity index (χ1) is 12.9. The molecule has 1 fully saturated rings. The number of rotatable bonds is 4. The molecule has 1 amide bonds. The van der Waals surface area contributed by atoms with Gasteiger partial charge in [0.25, 0.3) is 0 Å². The lowest BCUT2D eigenvalue weighted by Crippen LogP contribution is -2.36. The van der Waals surface area contributed by atoms with Crippen LogP contribution in [-0.4, -0.2) is 33.3 Å². The van der Waals surface area contributed by atoms with Crippen LogP contribution in [0.3, 0.4) is 0 Å². The van der Waals surface area contributed by atoms with Gasteiger partial charge < -0.3 is 9.26 Å². The number of benzene rings is 1. The standard InChI is InChI=1S/C18H22N6O3/c1-18(2,3)26-17(25)24-10-4-5-14(24)16-21-15(22-27-16)13-8-6-12(7-9-13)11-20-23-19/h6-9,14H,4-5,10-11H2,1-3H3. The number of hydrogen-bond acceptors (Lipinski definition) is 6. The lowest BCUT2D eigenvalue weighted by Gasteiger charge is -2.26. The first-order valence-electron chi connectivity index (χ1n) is 8.81. The van der Waals surface area contributed by atoms with Crippen molar-refractivity contribution in [1.82, 2.24) is 15.0 Å². The Kier molecular flexibility index (Phi) is 5.32. The second kappa shape index (κ2) is 7.67. The molecule has 9 heteroatoms. The first kappa shape index (κ1) is 18.7. The number of azide groups is 1. The minimum Gasteiger partial charge on any atom is -0.444 e. The molecule has 0 aliphatic carbocycles. The molecule has 1 atom stereocenters. The number of carbonyl (C=O) groups is 1. The van der Waals surface area contributed by atoms with Gasteiger partial charge in [-0.1, -0.05) is 34.5 Å². The number of nitrogens with zero attached hydrogens (tertiary/aromatic N) is 6. The van der Waals surface area contributed by atoms with Crippen LogP contribution in [0.4, 0.5) is 4.79 Å². The highest BCUT2D eigenvalue weighted by Crippen LogP contribution is 2.33. The normalized spacial score (nSPS) is 16.9. The predicted molar refractivity (Wildman–Crippen MR) is 97.5 cm³/mol. The van der Waals surface area contributed by atoms with Gasteiger partial charge in [0.15, 0.2) is 0 Å². The molecule has 1 aliphatic heterocycles. The average Bonchev–Trinajstić information content (AvgIpc) is 3.27. The van der Waals surface area contributed by atoms with Gasteiger partial charge in [-0.2, -0.15) is 4.98 Å². The van der Waals surface area contributed by atoms with E-state index in [9.17, 15) is 4.79 Å². The number of likely N-dealkylation sites (tertiary alicyclic amines) is 1. The number of hydrogen-bond donors (Lipinski definition) is 0. The molecule has 0 radical (unpaired) electrons. The summed E-state index contributed by atoms with van der Waals surface area (Å²) in [5.74, 6) is 0.864. The summed E-state index contributed by atoms with van der Waals surface area (Å²) in [4.78, 5) is 21.3. The van der Waals surface area contributed by atoms with Gasteiger partial charge >= 0.3 is 6.09 Å². The smallest absolute Gasteiger partial charge is 0.410 e. The molecule has 2 aromatic rings. The van der Waals surface area contributed by atoms with Crippen molar-refractivity contribution in [3.63, 3.8) is 0 Å². The predicted octanol–water partition coefficient (Wildman–Crippen LogP) is 4.62. The first-order valence-corrected chi connectivity index (χ1v) is 8.81. The third kappa shape index (κ3) is 4.57. The molecular formula is C18H22N6O3. The van der Waals surface area contributed by atoms with Crippen LogP contribution in [0.2, 0.25) is 0 Å². The van der Waals surface area contributed by atoms with Crippen LogP contribution in [0.25, 0.3) is 21.8 Å². The maximum atomic E-state index is 12.4. The summed E-state index contributed by atoms with van der Waals surface area (Å²) in [7, 11) is 0. The molecule has 3 rings (SSSR count). The molecular weight excluding hydrogens is 348 g/mol. The van der Waals surface area contributed by atoms with Crippen molar-refractivity contribution < 1.29 is 14.1 Å². The monoisotopic (exact) mass is 370 g/mol. The van der Waals surface area contributed by atoms with E-state index in [0.717, 1.165) is 24.0 Å². The lowest BCUT2D eigenvalue weighted by molar-refractivity contribution is 0.0199. The molecule has 9 nitrogen and oxygen atoms in total. The van der Waals surface area contributed by atoms with Gasteiger partial charge in [-0.3, -0.25) is 4.90 Å². The average molecular weight is 370 g/mol. The highest BCUT2D eigenvalue weighted by atomic mass is 16.6. The van der Waals surface area contributed by atoms with Crippen molar-refractivity contribution >= 4 is 6.09 Å². The Morgan fingerprint density at radius 2 is 2.15 bits per heavy atom. The summed E-state index contributed by atoms with van der Waals surface area (Å²) < 4.78 is 10.9. The van der Waals surface area contributed by atoms with Gasteiger partial charge in [-0.05, 0) is 44.7 Å². The Morgan fingerprint density at radius 1 is 1.41 bits per heavy atom. The van der Waals surface area contributed by atoms with E-state index in [1.165, 1.54) is 0 Å². The highest BCUT2D eigenvalue weighted by molar-refractivity contribution is 5.69. The lowest BCUT2D eigenvalue weighted by atomic mass is 10.1. The van der Waals surface area contributed by atoms with Crippen LogP contribution >= 0.6 is 0 Å². The maximum Gasteiger partial charge on any atom is 0.410 e. The molecule has 1 aliphatic rings. The highest BCUT2D eigenvalue weighted by Gasteiger charge is 2.36. The van der Waals surface area contributed by atoms with Crippen molar-refractivity contribution in [3.8, 4) is 11.4 Å². The SMILES string of the molecule is CC(C)(C)OC(=O)N1CCCC1c1nc(-c2ccc(CN=[N+]=[N-])cc2)no1. The molecule has 1 saturated heterocycles. The van der Waals surface area contributed by atoms with E-state index in [1.54, 1.807) is 4.90 Å². The molecule has 0 saturated carbocycles. The summed E-state index contributed by atoms with van der Waals surface area (Å²) in [5.41, 5.74) is 9.51. The topological polar surface area (TPSA) is 117 Å². The Balaban J connectivity index is 1.74.